The quantitative estimate of drug-likeness (QED) is 0.327. The van der Waals surface area contributed by atoms with Crippen molar-refractivity contribution >= 4 is 5.91 Å². The first-order valence-electron chi connectivity index (χ1n) is 14.3. The van der Waals surface area contributed by atoms with Crippen LogP contribution in [0.25, 0.3) is 11.7 Å². The van der Waals surface area contributed by atoms with Gasteiger partial charge in [-0.3, -0.25) is 9.69 Å². The van der Waals surface area contributed by atoms with Crippen LogP contribution in [0, 0.1) is 11.3 Å². The minimum absolute atomic E-state index is 0.129. The Labute approximate surface area is 246 Å². The van der Waals surface area contributed by atoms with Crippen LogP contribution < -0.4 is 9.47 Å². The Bertz CT molecular complexity index is 1450. The zero-order chi connectivity index (χ0) is 29.9. The summed E-state index contributed by atoms with van der Waals surface area (Å²) in [6, 6.07) is 13.8. The molecular formula is C31H37N7O4. The number of nitrogens with zero attached hydrogens (tertiary/aromatic N) is 7. The Kier molecular flexibility index (Phi) is 8.54. The maximum atomic E-state index is 12.4. The summed E-state index contributed by atoms with van der Waals surface area (Å²) in [4.78, 5) is 30.2. The number of likely N-dealkylation sites (N-methyl/N-ethyl adjacent to an activating group) is 1. The average Bonchev–Trinajstić information content (AvgIpc) is 3.74. The molecule has 2 aliphatic rings. The molecule has 2 aromatic heterocycles. The molecule has 2 saturated heterocycles. The fourth-order valence-corrected chi connectivity index (χ4v) is 5.79. The third-order valence-corrected chi connectivity index (χ3v) is 8.22. The van der Waals surface area contributed by atoms with Gasteiger partial charge >= 0.3 is 0 Å². The Morgan fingerprint density at radius 2 is 2.02 bits per heavy atom. The number of rotatable bonds is 10. The molecule has 0 bridgehead atoms. The maximum absolute atomic E-state index is 12.4. The lowest BCUT2D eigenvalue weighted by molar-refractivity contribution is -0.126. The minimum atomic E-state index is -0.515. The van der Waals surface area contributed by atoms with Crippen molar-refractivity contribution in [2.24, 2.45) is 0 Å². The van der Waals surface area contributed by atoms with E-state index in [4.69, 9.17) is 14.0 Å². The summed E-state index contributed by atoms with van der Waals surface area (Å²) in [7, 11) is 2.10. The zero-order valence-corrected chi connectivity index (χ0v) is 24.6. The van der Waals surface area contributed by atoms with Gasteiger partial charge in [-0.15, -0.1) is 0 Å². The molecule has 0 saturated carbocycles. The normalized spacial score (nSPS) is 21.6. The second-order valence-corrected chi connectivity index (χ2v) is 11.5. The predicted molar refractivity (Wildman–Crippen MR) is 155 cm³/mol. The minimum Gasteiger partial charge on any atom is -0.473 e. The highest BCUT2D eigenvalue weighted by atomic mass is 16.5. The molecule has 1 aromatic carbocycles. The molecule has 0 N–H and O–H groups in total. The number of aromatic nitrogens is 4. The number of likely N-dealkylation sites (tertiary alicyclic amines) is 2. The van der Waals surface area contributed by atoms with E-state index in [0.717, 1.165) is 24.9 Å². The van der Waals surface area contributed by atoms with Crippen molar-refractivity contribution in [3.05, 3.63) is 60.4 Å². The maximum Gasteiger partial charge on any atom is 0.296 e. The third-order valence-electron chi connectivity index (χ3n) is 8.22. The molecule has 0 spiro atoms. The number of ether oxygens (including phenoxy) is 2. The van der Waals surface area contributed by atoms with E-state index in [1.807, 2.05) is 51.1 Å². The zero-order valence-electron chi connectivity index (χ0n) is 24.6. The summed E-state index contributed by atoms with van der Waals surface area (Å²) >= 11 is 0. The van der Waals surface area contributed by atoms with Gasteiger partial charge in [-0.25, -0.2) is 0 Å². The van der Waals surface area contributed by atoms with Crippen molar-refractivity contribution in [3.63, 3.8) is 0 Å². The molecule has 0 unspecified atom stereocenters. The standard InChI is InChI=1S/C31H37N7O4/c1-6-27(39)38-19-23(17-22(38)14-15-32)41-26-18-25(40-20(2)24-13-10-16-37(24)5)33-28(34-26)29-35-30(36-42-29)31(3,4)21-11-8-7-9-12-21/h6-9,11-12,18,20,22-24H,1,10,13-14,16-17,19H2,2-5H3/t20-,22+,23+,24-/m0/s1. The van der Waals surface area contributed by atoms with Crippen LogP contribution in [0.4, 0.5) is 0 Å². The Morgan fingerprint density at radius 3 is 2.71 bits per heavy atom. The fraction of sp³-hybridized carbons (Fsp3) is 0.484. The van der Waals surface area contributed by atoms with Gasteiger partial charge in [0.15, 0.2) is 5.82 Å². The highest BCUT2D eigenvalue weighted by Gasteiger charge is 2.36. The Balaban J connectivity index is 1.44. The molecular weight excluding hydrogens is 534 g/mol. The van der Waals surface area contributed by atoms with Gasteiger partial charge in [0.25, 0.3) is 5.89 Å². The van der Waals surface area contributed by atoms with Gasteiger partial charge in [-0.05, 0) is 58.8 Å². The summed E-state index contributed by atoms with van der Waals surface area (Å²) < 4.78 is 18.3. The van der Waals surface area contributed by atoms with Crippen LogP contribution in [-0.4, -0.2) is 80.2 Å². The summed E-state index contributed by atoms with van der Waals surface area (Å²) in [6.07, 6.45) is 3.60. The molecule has 42 heavy (non-hydrogen) atoms. The molecule has 0 radical (unpaired) electrons. The van der Waals surface area contributed by atoms with Crippen LogP contribution in [-0.2, 0) is 10.2 Å². The number of hydrogen-bond donors (Lipinski definition) is 0. The predicted octanol–water partition coefficient (Wildman–Crippen LogP) is 4.16. The van der Waals surface area contributed by atoms with Gasteiger partial charge in [-0.1, -0.05) is 42.1 Å². The van der Waals surface area contributed by atoms with Crippen molar-refractivity contribution in [2.45, 2.75) is 76.2 Å². The Hall–Kier alpha value is -4.30. The van der Waals surface area contributed by atoms with Crippen LogP contribution in [0.5, 0.6) is 11.8 Å². The SMILES string of the molecule is C=CC(=O)N1C[C@H](Oc2cc(O[C@@H](C)[C@@H]3CCCN3C)nc(-c3nc(C(C)(C)c4ccccc4)no3)n2)C[C@H]1CC#N. The highest BCUT2D eigenvalue weighted by Crippen LogP contribution is 2.32. The second kappa shape index (κ2) is 12.3. The number of hydrogen-bond acceptors (Lipinski definition) is 10. The van der Waals surface area contributed by atoms with Crippen LogP contribution in [0.15, 0.2) is 53.6 Å². The van der Waals surface area contributed by atoms with Crippen LogP contribution >= 0.6 is 0 Å². The number of nitriles is 1. The summed E-state index contributed by atoms with van der Waals surface area (Å²) in [5.41, 5.74) is 0.527. The second-order valence-electron chi connectivity index (χ2n) is 11.5. The van der Waals surface area contributed by atoms with Gasteiger partial charge < -0.3 is 18.9 Å². The lowest BCUT2D eigenvalue weighted by Crippen LogP contribution is -2.38. The van der Waals surface area contributed by atoms with Gasteiger partial charge in [0.05, 0.1) is 30.5 Å². The van der Waals surface area contributed by atoms with Crippen LogP contribution in [0.3, 0.4) is 0 Å². The third kappa shape index (κ3) is 6.14. The van der Waals surface area contributed by atoms with E-state index in [2.05, 4.69) is 44.7 Å². The first-order chi connectivity index (χ1) is 20.2. The lowest BCUT2D eigenvalue weighted by atomic mass is 9.84. The largest absolute Gasteiger partial charge is 0.473 e. The van der Waals surface area contributed by atoms with E-state index in [1.165, 1.54) is 6.08 Å². The van der Waals surface area contributed by atoms with E-state index < -0.39 is 5.41 Å². The topological polar surface area (TPSA) is 130 Å². The van der Waals surface area contributed by atoms with E-state index in [9.17, 15) is 10.1 Å². The molecule has 11 heteroatoms. The molecule has 4 atom stereocenters. The van der Waals surface area contributed by atoms with Crippen molar-refractivity contribution in [3.8, 4) is 29.5 Å². The van der Waals surface area contributed by atoms with Gasteiger partial charge in [0.2, 0.25) is 23.5 Å². The van der Waals surface area contributed by atoms with Gasteiger partial charge in [0.1, 0.15) is 12.2 Å². The molecule has 2 aliphatic heterocycles. The lowest BCUT2D eigenvalue weighted by Gasteiger charge is -2.26. The molecule has 11 nitrogen and oxygen atoms in total. The average molecular weight is 572 g/mol. The fourth-order valence-electron chi connectivity index (χ4n) is 5.79. The van der Waals surface area contributed by atoms with Crippen LogP contribution in [0.1, 0.15) is 57.8 Å². The number of carbonyl (C=O) groups excluding carboxylic acids is 1. The van der Waals surface area contributed by atoms with Gasteiger partial charge in [-0.2, -0.15) is 20.2 Å². The van der Waals surface area contributed by atoms with Crippen molar-refractivity contribution in [2.75, 3.05) is 20.1 Å². The highest BCUT2D eigenvalue weighted by molar-refractivity contribution is 5.87. The van der Waals surface area contributed by atoms with E-state index in [1.54, 1.807) is 11.0 Å². The van der Waals surface area contributed by atoms with E-state index >= 15 is 0 Å². The van der Waals surface area contributed by atoms with E-state index in [0.29, 0.717) is 24.7 Å². The van der Waals surface area contributed by atoms with Gasteiger partial charge in [0, 0.05) is 18.5 Å². The first-order valence-corrected chi connectivity index (χ1v) is 14.3. The van der Waals surface area contributed by atoms with Crippen molar-refractivity contribution < 1.29 is 18.8 Å². The van der Waals surface area contributed by atoms with Crippen LogP contribution in [0.2, 0.25) is 0 Å². The monoisotopic (exact) mass is 571 g/mol. The van der Waals surface area contributed by atoms with Crippen molar-refractivity contribution in [1.82, 2.24) is 29.9 Å². The van der Waals surface area contributed by atoms with E-state index in [-0.39, 0.29) is 54.2 Å². The summed E-state index contributed by atoms with van der Waals surface area (Å²) in [5.74, 6) is 1.18. The van der Waals surface area contributed by atoms with Crippen molar-refractivity contribution in [1.29, 1.82) is 5.26 Å². The molecule has 1 amide bonds. The molecule has 3 aromatic rings. The molecule has 4 heterocycles. The summed E-state index contributed by atoms with van der Waals surface area (Å²) in [6.45, 7) is 11.0. The molecule has 220 valence electrons. The number of benzene rings is 1. The summed E-state index contributed by atoms with van der Waals surface area (Å²) in [5, 5.41) is 13.5. The molecule has 2 fully saturated rings. The number of amides is 1. The smallest absolute Gasteiger partial charge is 0.296 e. The molecule has 0 aliphatic carbocycles. The first kappa shape index (κ1) is 29.2. The number of carbonyl (C=O) groups is 1. The Morgan fingerprint density at radius 1 is 1.26 bits per heavy atom. The molecule has 5 rings (SSSR count).